The molecule has 1 fully saturated rings. The number of hydrogen-bond acceptors (Lipinski definition) is 2. The fraction of sp³-hybridized carbons (Fsp3) is 0.588. The molecule has 20 heavy (non-hydrogen) atoms. The molecule has 0 spiro atoms. The molecule has 110 valence electrons. The largest absolute Gasteiger partial charge is 0.335 e. The van der Waals surface area contributed by atoms with Crippen LogP contribution in [0, 0.1) is 0 Å². The summed E-state index contributed by atoms with van der Waals surface area (Å²) in [4.78, 5) is 16.8. The Morgan fingerprint density at radius 2 is 1.80 bits per heavy atom. The van der Waals surface area contributed by atoms with Gasteiger partial charge in [-0.3, -0.25) is 9.69 Å². The Bertz CT molecular complexity index is 410. The second kappa shape index (κ2) is 7.44. The van der Waals surface area contributed by atoms with E-state index < -0.39 is 0 Å². The number of piperidine rings is 1. The van der Waals surface area contributed by atoms with Gasteiger partial charge in [-0.05, 0) is 45.3 Å². The lowest BCUT2D eigenvalue weighted by Crippen LogP contribution is -2.44. The summed E-state index contributed by atoms with van der Waals surface area (Å²) in [5.41, 5.74) is 1.20. The standard InChI is InChI=1S/C17H26N2O/c1-15(2)19(13-16-9-5-3-6-10-16)17(20)14-18-11-7-4-8-12-18/h3,5-6,9-10,15H,4,7-8,11-14H2,1-2H3. The van der Waals surface area contributed by atoms with Crippen molar-refractivity contribution in [3.8, 4) is 0 Å². The van der Waals surface area contributed by atoms with Crippen LogP contribution in [0.15, 0.2) is 30.3 Å². The molecule has 0 saturated carbocycles. The van der Waals surface area contributed by atoms with Gasteiger partial charge in [0.25, 0.3) is 0 Å². The average Bonchev–Trinajstić information content (AvgIpc) is 2.46. The Morgan fingerprint density at radius 3 is 2.40 bits per heavy atom. The number of benzene rings is 1. The Balaban J connectivity index is 1.95. The maximum absolute atomic E-state index is 12.5. The molecule has 0 N–H and O–H groups in total. The van der Waals surface area contributed by atoms with E-state index in [1.807, 2.05) is 23.1 Å². The van der Waals surface area contributed by atoms with Crippen molar-refractivity contribution in [1.82, 2.24) is 9.80 Å². The second-order valence-corrected chi connectivity index (χ2v) is 5.94. The lowest BCUT2D eigenvalue weighted by atomic mass is 10.1. The van der Waals surface area contributed by atoms with Crippen LogP contribution in [0.25, 0.3) is 0 Å². The van der Waals surface area contributed by atoms with Crippen LogP contribution in [0.2, 0.25) is 0 Å². The zero-order chi connectivity index (χ0) is 14.4. The Morgan fingerprint density at radius 1 is 1.15 bits per heavy atom. The smallest absolute Gasteiger partial charge is 0.237 e. The van der Waals surface area contributed by atoms with Gasteiger partial charge in [-0.1, -0.05) is 36.8 Å². The molecule has 1 heterocycles. The van der Waals surface area contributed by atoms with Crippen LogP contribution in [-0.2, 0) is 11.3 Å². The van der Waals surface area contributed by atoms with Gasteiger partial charge in [0.05, 0.1) is 6.54 Å². The number of likely N-dealkylation sites (tertiary alicyclic amines) is 1. The van der Waals surface area contributed by atoms with Crippen molar-refractivity contribution in [3.05, 3.63) is 35.9 Å². The quantitative estimate of drug-likeness (QED) is 0.824. The summed E-state index contributed by atoms with van der Waals surface area (Å²) >= 11 is 0. The molecule has 3 nitrogen and oxygen atoms in total. The number of amides is 1. The molecule has 0 aromatic heterocycles. The van der Waals surface area contributed by atoms with Gasteiger partial charge < -0.3 is 4.90 Å². The normalized spacial score (nSPS) is 16.4. The lowest BCUT2D eigenvalue weighted by Gasteiger charge is -2.31. The summed E-state index contributed by atoms with van der Waals surface area (Å²) < 4.78 is 0. The maximum atomic E-state index is 12.5. The maximum Gasteiger partial charge on any atom is 0.237 e. The molecule has 1 saturated heterocycles. The van der Waals surface area contributed by atoms with E-state index in [0.29, 0.717) is 13.1 Å². The molecule has 0 unspecified atom stereocenters. The highest BCUT2D eigenvalue weighted by molar-refractivity contribution is 5.78. The minimum Gasteiger partial charge on any atom is -0.335 e. The van der Waals surface area contributed by atoms with Crippen molar-refractivity contribution in [1.29, 1.82) is 0 Å². The minimum atomic E-state index is 0.243. The number of hydrogen-bond donors (Lipinski definition) is 0. The first-order chi connectivity index (χ1) is 9.66. The molecule has 1 aliphatic rings. The van der Waals surface area contributed by atoms with Crippen molar-refractivity contribution in [2.24, 2.45) is 0 Å². The second-order valence-electron chi connectivity index (χ2n) is 5.94. The monoisotopic (exact) mass is 274 g/mol. The van der Waals surface area contributed by atoms with Gasteiger partial charge in [0.1, 0.15) is 0 Å². The van der Waals surface area contributed by atoms with E-state index in [4.69, 9.17) is 0 Å². The van der Waals surface area contributed by atoms with E-state index >= 15 is 0 Å². The van der Waals surface area contributed by atoms with E-state index in [0.717, 1.165) is 13.1 Å². The van der Waals surface area contributed by atoms with Gasteiger partial charge in [0.2, 0.25) is 5.91 Å². The topological polar surface area (TPSA) is 23.6 Å². The van der Waals surface area contributed by atoms with Gasteiger partial charge >= 0.3 is 0 Å². The molecule has 1 aromatic carbocycles. The van der Waals surface area contributed by atoms with E-state index in [9.17, 15) is 4.79 Å². The Labute approximate surface area is 122 Å². The number of carbonyl (C=O) groups is 1. The fourth-order valence-corrected chi connectivity index (χ4v) is 2.74. The Kier molecular flexibility index (Phi) is 5.60. The third-order valence-electron chi connectivity index (χ3n) is 3.95. The predicted molar refractivity (Wildman–Crippen MR) is 82.4 cm³/mol. The first kappa shape index (κ1) is 15.0. The van der Waals surface area contributed by atoms with Gasteiger partial charge in [0.15, 0.2) is 0 Å². The highest BCUT2D eigenvalue weighted by atomic mass is 16.2. The van der Waals surface area contributed by atoms with Crippen molar-refractivity contribution >= 4 is 5.91 Å². The minimum absolute atomic E-state index is 0.243. The Hall–Kier alpha value is -1.35. The van der Waals surface area contributed by atoms with Gasteiger partial charge in [-0.25, -0.2) is 0 Å². The van der Waals surface area contributed by atoms with Crippen molar-refractivity contribution < 1.29 is 4.79 Å². The molecule has 1 aliphatic heterocycles. The fourth-order valence-electron chi connectivity index (χ4n) is 2.74. The summed E-state index contributed by atoms with van der Waals surface area (Å²) in [5.74, 6) is 0.255. The highest BCUT2D eigenvalue weighted by Crippen LogP contribution is 2.12. The van der Waals surface area contributed by atoms with Crippen molar-refractivity contribution in [2.75, 3.05) is 19.6 Å². The zero-order valence-corrected chi connectivity index (χ0v) is 12.7. The average molecular weight is 274 g/mol. The molecule has 0 atom stereocenters. The van der Waals surface area contributed by atoms with Crippen LogP contribution in [0.3, 0.4) is 0 Å². The third-order valence-corrected chi connectivity index (χ3v) is 3.95. The van der Waals surface area contributed by atoms with Crippen LogP contribution in [-0.4, -0.2) is 41.4 Å². The summed E-state index contributed by atoms with van der Waals surface area (Å²) in [6.07, 6.45) is 3.77. The molecule has 0 aliphatic carbocycles. The van der Waals surface area contributed by atoms with Crippen molar-refractivity contribution in [2.45, 2.75) is 45.7 Å². The summed E-state index contributed by atoms with van der Waals surface area (Å²) in [7, 11) is 0. The summed E-state index contributed by atoms with van der Waals surface area (Å²) in [6, 6.07) is 10.5. The summed E-state index contributed by atoms with van der Waals surface area (Å²) in [5, 5.41) is 0. The van der Waals surface area contributed by atoms with Crippen LogP contribution in [0.1, 0.15) is 38.7 Å². The molecule has 0 bridgehead atoms. The van der Waals surface area contributed by atoms with E-state index in [1.54, 1.807) is 0 Å². The number of carbonyl (C=O) groups excluding carboxylic acids is 1. The highest BCUT2D eigenvalue weighted by Gasteiger charge is 2.21. The lowest BCUT2D eigenvalue weighted by molar-refractivity contribution is -0.135. The SMILES string of the molecule is CC(C)N(Cc1ccccc1)C(=O)CN1CCCCC1. The molecule has 2 rings (SSSR count). The molecular weight excluding hydrogens is 248 g/mol. The van der Waals surface area contributed by atoms with Crippen LogP contribution < -0.4 is 0 Å². The van der Waals surface area contributed by atoms with Crippen molar-refractivity contribution in [3.63, 3.8) is 0 Å². The molecule has 1 amide bonds. The van der Waals surface area contributed by atoms with Gasteiger partial charge in [0, 0.05) is 12.6 Å². The van der Waals surface area contributed by atoms with Gasteiger partial charge in [-0.2, -0.15) is 0 Å². The van der Waals surface area contributed by atoms with Gasteiger partial charge in [-0.15, -0.1) is 0 Å². The molecular formula is C17H26N2O. The van der Waals surface area contributed by atoms with E-state index in [2.05, 4.69) is 30.9 Å². The first-order valence-corrected chi connectivity index (χ1v) is 7.72. The molecule has 1 aromatic rings. The molecule has 0 radical (unpaired) electrons. The predicted octanol–water partition coefficient (Wildman–Crippen LogP) is 2.91. The molecule has 3 heteroatoms. The van der Waals surface area contributed by atoms with Crippen LogP contribution in [0.4, 0.5) is 0 Å². The zero-order valence-electron chi connectivity index (χ0n) is 12.7. The van der Waals surface area contributed by atoms with Crippen LogP contribution in [0.5, 0.6) is 0 Å². The summed E-state index contributed by atoms with van der Waals surface area (Å²) in [6.45, 7) is 7.62. The number of nitrogens with zero attached hydrogens (tertiary/aromatic N) is 2. The van der Waals surface area contributed by atoms with Crippen LogP contribution >= 0.6 is 0 Å². The number of rotatable bonds is 5. The first-order valence-electron chi connectivity index (χ1n) is 7.72. The third kappa shape index (κ3) is 4.34. The van der Waals surface area contributed by atoms with E-state index in [-0.39, 0.29) is 11.9 Å². The van der Waals surface area contributed by atoms with E-state index in [1.165, 1.54) is 24.8 Å².